The Morgan fingerprint density at radius 2 is 1.73 bits per heavy atom. The Labute approximate surface area is 178 Å². The van der Waals surface area contributed by atoms with Gasteiger partial charge in [0.25, 0.3) is 0 Å². The van der Waals surface area contributed by atoms with Crippen LogP contribution in [0.25, 0.3) is 0 Å². The summed E-state index contributed by atoms with van der Waals surface area (Å²) in [6, 6.07) is 13.3. The Morgan fingerprint density at radius 3 is 2.43 bits per heavy atom. The highest BCUT2D eigenvalue weighted by atomic mass is 32.2. The van der Waals surface area contributed by atoms with Gasteiger partial charge in [-0.3, -0.25) is 0 Å². The van der Waals surface area contributed by atoms with Crippen molar-refractivity contribution in [3.8, 4) is 0 Å². The van der Waals surface area contributed by atoms with E-state index >= 15 is 0 Å². The van der Waals surface area contributed by atoms with Gasteiger partial charge in [0.2, 0.25) is 10.0 Å². The molecule has 2 aromatic carbocycles. The summed E-state index contributed by atoms with van der Waals surface area (Å²) in [6.45, 7) is 4.51. The zero-order chi connectivity index (χ0) is 21.4. The summed E-state index contributed by atoms with van der Waals surface area (Å²) in [7, 11) is -3.51. The average molecular weight is 433 g/mol. The predicted octanol–water partition coefficient (Wildman–Crippen LogP) is 3.26. The van der Waals surface area contributed by atoms with Gasteiger partial charge < -0.3 is 10.6 Å². The van der Waals surface area contributed by atoms with Gasteiger partial charge in [-0.2, -0.15) is 4.31 Å². The molecular weight excluding hydrogens is 403 g/mol. The second kappa shape index (κ2) is 10.5. The molecule has 30 heavy (non-hydrogen) atoms. The van der Waals surface area contributed by atoms with Crippen LogP contribution in [-0.2, 0) is 23.1 Å². The van der Waals surface area contributed by atoms with Crippen LogP contribution in [0.15, 0.2) is 58.4 Å². The Bertz CT molecular complexity index is 955. The van der Waals surface area contributed by atoms with E-state index in [1.165, 1.54) is 12.1 Å². The van der Waals surface area contributed by atoms with E-state index in [0.29, 0.717) is 49.1 Å². The van der Waals surface area contributed by atoms with Crippen molar-refractivity contribution in [2.75, 3.05) is 19.6 Å². The molecule has 2 aromatic rings. The Morgan fingerprint density at radius 1 is 1.03 bits per heavy atom. The van der Waals surface area contributed by atoms with Gasteiger partial charge in [0, 0.05) is 26.2 Å². The Kier molecular flexibility index (Phi) is 7.81. The third-order valence-electron chi connectivity index (χ3n) is 5.03. The van der Waals surface area contributed by atoms with Crippen molar-refractivity contribution in [3.05, 3.63) is 65.5 Å². The summed E-state index contributed by atoms with van der Waals surface area (Å²) in [5.74, 6) is 0.297. The zero-order valence-corrected chi connectivity index (χ0v) is 18.1. The van der Waals surface area contributed by atoms with Gasteiger partial charge >= 0.3 is 0 Å². The van der Waals surface area contributed by atoms with Crippen LogP contribution >= 0.6 is 0 Å². The minimum Gasteiger partial charge on any atom is -0.357 e. The monoisotopic (exact) mass is 432 g/mol. The van der Waals surface area contributed by atoms with Crippen molar-refractivity contribution in [1.29, 1.82) is 0 Å². The fourth-order valence-corrected chi connectivity index (χ4v) is 5.17. The number of hydrogen-bond acceptors (Lipinski definition) is 3. The van der Waals surface area contributed by atoms with Gasteiger partial charge in [-0.15, -0.1) is 0 Å². The maximum Gasteiger partial charge on any atom is 0.243 e. The molecule has 0 unspecified atom stereocenters. The van der Waals surface area contributed by atoms with Crippen molar-refractivity contribution in [3.63, 3.8) is 0 Å². The molecule has 1 aliphatic rings. The molecule has 0 aromatic heterocycles. The van der Waals surface area contributed by atoms with E-state index in [-0.39, 0.29) is 5.82 Å². The van der Waals surface area contributed by atoms with E-state index in [0.717, 1.165) is 24.8 Å². The first-order valence-electron chi connectivity index (χ1n) is 10.4. The molecule has 1 saturated heterocycles. The number of benzene rings is 2. The topological polar surface area (TPSA) is 73.8 Å². The van der Waals surface area contributed by atoms with Gasteiger partial charge in [0.05, 0.1) is 11.4 Å². The summed E-state index contributed by atoms with van der Waals surface area (Å²) >= 11 is 0. The molecule has 0 saturated carbocycles. The second-order valence-corrected chi connectivity index (χ2v) is 9.15. The van der Waals surface area contributed by atoms with Gasteiger partial charge in [0.1, 0.15) is 5.82 Å². The number of rotatable bonds is 7. The molecule has 0 spiro atoms. The van der Waals surface area contributed by atoms with Gasteiger partial charge in [-0.05, 0) is 49.1 Å². The molecule has 6 nitrogen and oxygen atoms in total. The van der Waals surface area contributed by atoms with Crippen molar-refractivity contribution < 1.29 is 12.8 Å². The van der Waals surface area contributed by atoms with Crippen molar-refractivity contribution in [2.45, 2.75) is 44.2 Å². The Balaban J connectivity index is 1.73. The van der Waals surface area contributed by atoms with Crippen LogP contribution < -0.4 is 10.6 Å². The molecule has 0 aliphatic carbocycles. The normalized spacial score (nSPS) is 15.7. The van der Waals surface area contributed by atoms with Crippen LogP contribution in [0.4, 0.5) is 4.39 Å². The lowest BCUT2D eigenvalue weighted by Gasteiger charge is -2.27. The SMILES string of the molecule is CCNC(=NCc1ccc(F)cc1)NCc1ccccc1S(=O)(=O)N1CCCCC1. The molecule has 1 aliphatic heterocycles. The first-order chi connectivity index (χ1) is 14.5. The van der Waals surface area contributed by atoms with Gasteiger partial charge in [-0.1, -0.05) is 36.8 Å². The van der Waals surface area contributed by atoms with E-state index < -0.39 is 10.0 Å². The van der Waals surface area contributed by atoms with Crippen molar-refractivity contribution >= 4 is 16.0 Å². The molecule has 1 heterocycles. The lowest BCUT2D eigenvalue weighted by atomic mass is 10.2. The molecular formula is C22H29FN4O2S. The molecule has 3 rings (SSSR count). The average Bonchev–Trinajstić information content (AvgIpc) is 2.77. The maximum absolute atomic E-state index is 13.1. The quantitative estimate of drug-likeness (QED) is 0.520. The van der Waals surface area contributed by atoms with Crippen molar-refractivity contribution in [1.82, 2.24) is 14.9 Å². The zero-order valence-electron chi connectivity index (χ0n) is 17.3. The van der Waals surface area contributed by atoms with Crippen LogP contribution in [-0.4, -0.2) is 38.3 Å². The predicted molar refractivity (Wildman–Crippen MR) is 117 cm³/mol. The fourth-order valence-electron chi connectivity index (χ4n) is 3.43. The number of sulfonamides is 1. The smallest absolute Gasteiger partial charge is 0.243 e. The molecule has 0 bridgehead atoms. The lowest BCUT2D eigenvalue weighted by Crippen LogP contribution is -2.38. The highest BCUT2D eigenvalue weighted by Crippen LogP contribution is 2.23. The first kappa shape index (κ1) is 22.2. The molecule has 2 N–H and O–H groups in total. The molecule has 0 amide bonds. The molecule has 0 atom stereocenters. The van der Waals surface area contributed by atoms with E-state index in [1.807, 2.05) is 19.1 Å². The fraction of sp³-hybridized carbons (Fsp3) is 0.409. The maximum atomic E-state index is 13.1. The summed E-state index contributed by atoms with van der Waals surface area (Å²) in [4.78, 5) is 4.86. The first-order valence-corrected chi connectivity index (χ1v) is 11.8. The molecule has 162 valence electrons. The third kappa shape index (κ3) is 5.79. The minimum atomic E-state index is -3.51. The van der Waals surface area contributed by atoms with Crippen LogP contribution in [0.2, 0.25) is 0 Å². The van der Waals surface area contributed by atoms with E-state index in [1.54, 1.807) is 28.6 Å². The van der Waals surface area contributed by atoms with E-state index in [4.69, 9.17) is 0 Å². The summed E-state index contributed by atoms with van der Waals surface area (Å²) in [5.41, 5.74) is 1.59. The molecule has 8 heteroatoms. The Hall–Kier alpha value is -2.45. The van der Waals surface area contributed by atoms with Gasteiger partial charge in [-0.25, -0.2) is 17.8 Å². The van der Waals surface area contributed by atoms with Crippen LogP contribution in [0.1, 0.15) is 37.3 Å². The highest BCUT2D eigenvalue weighted by Gasteiger charge is 2.27. The standard InChI is InChI=1S/C22H29FN4O2S/c1-2-24-22(25-16-18-10-12-20(23)13-11-18)26-17-19-8-4-5-9-21(19)30(28,29)27-14-6-3-7-15-27/h4-5,8-13H,2-3,6-7,14-17H2,1H3,(H2,24,25,26). The number of aliphatic imine (C=N–C) groups is 1. The molecule has 0 radical (unpaired) electrons. The van der Waals surface area contributed by atoms with Crippen LogP contribution in [0.5, 0.6) is 0 Å². The number of guanidine groups is 1. The number of piperidine rings is 1. The van der Waals surface area contributed by atoms with Crippen LogP contribution in [0.3, 0.4) is 0 Å². The largest absolute Gasteiger partial charge is 0.357 e. The van der Waals surface area contributed by atoms with Gasteiger partial charge in [0.15, 0.2) is 5.96 Å². The number of nitrogens with zero attached hydrogens (tertiary/aromatic N) is 2. The van der Waals surface area contributed by atoms with Crippen LogP contribution in [0, 0.1) is 5.82 Å². The van der Waals surface area contributed by atoms with E-state index in [2.05, 4.69) is 15.6 Å². The third-order valence-corrected chi connectivity index (χ3v) is 7.03. The number of nitrogens with one attached hydrogen (secondary N) is 2. The summed E-state index contributed by atoms with van der Waals surface area (Å²) < 4.78 is 40.9. The van der Waals surface area contributed by atoms with E-state index in [9.17, 15) is 12.8 Å². The minimum absolute atomic E-state index is 0.278. The summed E-state index contributed by atoms with van der Waals surface area (Å²) in [6.07, 6.45) is 2.88. The number of halogens is 1. The summed E-state index contributed by atoms with van der Waals surface area (Å²) in [5, 5.41) is 6.38. The highest BCUT2D eigenvalue weighted by molar-refractivity contribution is 7.89. The number of hydrogen-bond donors (Lipinski definition) is 2. The van der Waals surface area contributed by atoms with Crippen molar-refractivity contribution in [2.24, 2.45) is 4.99 Å². The lowest BCUT2D eigenvalue weighted by molar-refractivity contribution is 0.346. The molecule has 1 fully saturated rings. The second-order valence-electron chi connectivity index (χ2n) is 7.25.